The molecule has 0 aromatic heterocycles. The number of halogens is 2. The molecule has 1 saturated heterocycles. The second-order valence-electron chi connectivity index (χ2n) is 7.91. The van der Waals surface area contributed by atoms with Gasteiger partial charge in [-0.1, -0.05) is 23.7 Å². The normalized spacial score (nSPS) is 17.1. The third-order valence-corrected chi connectivity index (χ3v) is 5.66. The van der Waals surface area contributed by atoms with E-state index in [4.69, 9.17) is 17.3 Å². The average molecular weight is 418 g/mol. The first-order chi connectivity index (χ1) is 13.7. The molecule has 3 N–H and O–H groups in total. The molecule has 0 saturated carbocycles. The lowest BCUT2D eigenvalue weighted by Gasteiger charge is -2.33. The number of primary amides is 1. The summed E-state index contributed by atoms with van der Waals surface area (Å²) in [5.41, 5.74) is 6.23. The number of rotatable bonds is 5. The van der Waals surface area contributed by atoms with Crippen LogP contribution in [-0.2, 0) is 10.3 Å². The minimum absolute atomic E-state index is 0.0185. The Morgan fingerprint density at radius 3 is 2.55 bits per heavy atom. The molecular formula is C22H25ClFN3O2. The third-order valence-electron chi connectivity index (χ3n) is 5.37. The van der Waals surface area contributed by atoms with Gasteiger partial charge in [-0.25, -0.2) is 4.39 Å². The van der Waals surface area contributed by atoms with Crippen LogP contribution in [0.5, 0.6) is 0 Å². The van der Waals surface area contributed by atoms with E-state index in [1.165, 1.54) is 6.07 Å². The van der Waals surface area contributed by atoms with E-state index in [1.54, 1.807) is 38.1 Å². The summed E-state index contributed by atoms with van der Waals surface area (Å²) in [4.78, 5) is 26.3. The van der Waals surface area contributed by atoms with Crippen molar-refractivity contribution < 1.29 is 14.0 Å². The minimum atomic E-state index is -0.938. The Hall–Kier alpha value is -2.60. The van der Waals surface area contributed by atoms with Crippen molar-refractivity contribution in [2.45, 2.75) is 32.2 Å². The van der Waals surface area contributed by atoms with Crippen LogP contribution in [0.1, 0.15) is 42.6 Å². The van der Waals surface area contributed by atoms with E-state index in [0.29, 0.717) is 17.7 Å². The number of anilines is 1. The van der Waals surface area contributed by atoms with E-state index in [1.807, 2.05) is 12.1 Å². The molecule has 154 valence electrons. The monoisotopic (exact) mass is 417 g/mol. The Balaban J connectivity index is 1.72. The van der Waals surface area contributed by atoms with Gasteiger partial charge >= 0.3 is 0 Å². The Kier molecular flexibility index (Phi) is 6.13. The maximum Gasteiger partial charge on any atom is 0.251 e. The zero-order valence-corrected chi connectivity index (χ0v) is 17.3. The van der Waals surface area contributed by atoms with Crippen molar-refractivity contribution in [1.29, 1.82) is 0 Å². The van der Waals surface area contributed by atoms with Crippen LogP contribution in [0.3, 0.4) is 0 Å². The zero-order chi connectivity index (χ0) is 21.2. The van der Waals surface area contributed by atoms with Crippen molar-refractivity contribution in [1.82, 2.24) is 5.32 Å². The van der Waals surface area contributed by atoms with Gasteiger partial charge in [0.05, 0.1) is 16.5 Å². The molecule has 0 spiro atoms. The number of amides is 2. The summed E-state index contributed by atoms with van der Waals surface area (Å²) in [6.45, 7) is 4.88. The quantitative estimate of drug-likeness (QED) is 0.775. The highest BCUT2D eigenvalue weighted by Gasteiger charge is 2.28. The third kappa shape index (κ3) is 4.70. The number of hydrogen-bond acceptors (Lipinski definition) is 3. The van der Waals surface area contributed by atoms with Gasteiger partial charge in [-0.2, -0.15) is 0 Å². The topological polar surface area (TPSA) is 75.4 Å². The zero-order valence-electron chi connectivity index (χ0n) is 16.5. The number of benzene rings is 2. The molecule has 7 heteroatoms. The van der Waals surface area contributed by atoms with Gasteiger partial charge in [-0.15, -0.1) is 0 Å². The summed E-state index contributed by atoms with van der Waals surface area (Å²) >= 11 is 5.87. The Bertz CT molecular complexity index is 915. The van der Waals surface area contributed by atoms with Crippen molar-refractivity contribution in [3.05, 3.63) is 64.4 Å². The minimum Gasteiger partial charge on any atom is -0.371 e. The van der Waals surface area contributed by atoms with Gasteiger partial charge in [0, 0.05) is 29.9 Å². The fourth-order valence-corrected chi connectivity index (χ4v) is 3.85. The van der Waals surface area contributed by atoms with Gasteiger partial charge in [-0.3, -0.25) is 9.59 Å². The Morgan fingerprint density at radius 2 is 1.90 bits per heavy atom. The van der Waals surface area contributed by atoms with E-state index in [-0.39, 0.29) is 22.8 Å². The molecule has 3 rings (SSSR count). The molecule has 29 heavy (non-hydrogen) atoms. The molecule has 0 radical (unpaired) electrons. The molecule has 1 fully saturated rings. The molecule has 2 aromatic carbocycles. The van der Waals surface area contributed by atoms with Gasteiger partial charge in [-0.05, 0) is 57.0 Å². The molecule has 0 bridgehead atoms. The summed E-state index contributed by atoms with van der Waals surface area (Å²) in [7, 11) is 0. The van der Waals surface area contributed by atoms with E-state index < -0.39 is 11.4 Å². The summed E-state index contributed by atoms with van der Waals surface area (Å²) in [5, 5.41) is 2.88. The van der Waals surface area contributed by atoms with E-state index in [2.05, 4.69) is 10.2 Å². The molecule has 1 unspecified atom stereocenters. The number of carbonyl (C=O) groups excluding carboxylic acids is 2. The number of hydrogen-bond donors (Lipinski definition) is 2. The number of nitrogens with one attached hydrogen (secondary N) is 1. The SMILES string of the molecule is CC(C)(NC(=O)c1ccc(N2CCCC(C(N)=O)C2)cc1)c1cccc(Cl)c1F. The van der Waals surface area contributed by atoms with Crippen molar-refractivity contribution >= 4 is 29.1 Å². The highest BCUT2D eigenvalue weighted by Crippen LogP contribution is 2.28. The lowest BCUT2D eigenvalue weighted by Crippen LogP contribution is -2.42. The largest absolute Gasteiger partial charge is 0.371 e. The number of carbonyl (C=O) groups is 2. The number of nitrogens with zero attached hydrogens (tertiary/aromatic N) is 1. The lowest BCUT2D eigenvalue weighted by molar-refractivity contribution is -0.122. The molecule has 0 aliphatic carbocycles. The van der Waals surface area contributed by atoms with Gasteiger partial charge in [0.2, 0.25) is 5.91 Å². The summed E-state index contributed by atoms with van der Waals surface area (Å²) < 4.78 is 14.4. The van der Waals surface area contributed by atoms with Gasteiger partial charge in [0.1, 0.15) is 5.82 Å². The second kappa shape index (κ2) is 8.41. The first-order valence-corrected chi connectivity index (χ1v) is 9.98. The summed E-state index contributed by atoms with van der Waals surface area (Å²) in [6.07, 6.45) is 1.71. The molecule has 2 amide bonds. The molecule has 2 aromatic rings. The lowest BCUT2D eigenvalue weighted by atomic mass is 9.93. The molecule has 1 heterocycles. The van der Waals surface area contributed by atoms with Crippen LogP contribution in [0.15, 0.2) is 42.5 Å². The van der Waals surface area contributed by atoms with Crippen LogP contribution in [0.25, 0.3) is 0 Å². The molecular weight excluding hydrogens is 393 g/mol. The van der Waals surface area contributed by atoms with Gasteiger partial charge in [0.25, 0.3) is 5.91 Å². The predicted molar refractivity (Wildman–Crippen MR) is 112 cm³/mol. The first-order valence-electron chi connectivity index (χ1n) is 9.60. The smallest absolute Gasteiger partial charge is 0.251 e. The van der Waals surface area contributed by atoms with Gasteiger partial charge in [0.15, 0.2) is 0 Å². The van der Waals surface area contributed by atoms with Crippen LogP contribution in [0.2, 0.25) is 5.02 Å². The molecule has 1 aliphatic rings. The second-order valence-corrected chi connectivity index (χ2v) is 8.32. The van der Waals surface area contributed by atoms with Crippen molar-refractivity contribution in [3.8, 4) is 0 Å². The van der Waals surface area contributed by atoms with Crippen LogP contribution in [0.4, 0.5) is 10.1 Å². The molecule has 1 aliphatic heterocycles. The van der Waals surface area contributed by atoms with E-state index in [9.17, 15) is 14.0 Å². The number of nitrogens with two attached hydrogens (primary N) is 1. The average Bonchev–Trinajstić information content (AvgIpc) is 2.69. The van der Waals surface area contributed by atoms with E-state index >= 15 is 0 Å². The van der Waals surface area contributed by atoms with Crippen molar-refractivity contribution in [2.75, 3.05) is 18.0 Å². The maximum absolute atomic E-state index is 14.4. The first kappa shape index (κ1) is 21.1. The number of piperidine rings is 1. The fourth-order valence-electron chi connectivity index (χ4n) is 3.68. The molecule has 1 atom stereocenters. The van der Waals surface area contributed by atoms with E-state index in [0.717, 1.165) is 25.1 Å². The maximum atomic E-state index is 14.4. The van der Waals surface area contributed by atoms with Crippen LogP contribution < -0.4 is 16.0 Å². The fraction of sp³-hybridized carbons (Fsp3) is 0.364. The van der Waals surface area contributed by atoms with Crippen molar-refractivity contribution in [2.24, 2.45) is 11.7 Å². The van der Waals surface area contributed by atoms with Crippen molar-refractivity contribution in [3.63, 3.8) is 0 Å². The highest BCUT2D eigenvalue weighted by atomic mass is 35.5. The van der Waals surface area contributed by atoms with Crippen LogP contribution >= 0.6 is 11.6 Å². The Labute approximate surface area is 175 Å². The van der Waals surface area contributed by atoms with Crippen LogP contribution in [0, 0.1) is 11.7 Å². The predicted octanol–water partition coefficient (Wildman–Crippen LogP) is 3.85. The summed E-state index contributed by atoms with van der Waals surface area (Å²) in [5.74, 6) is -1.28. The van der Waals surface area contributed by atoms with Crippen LogP contribution in [-0.4, -0.2) is 24.9 Å². The highest BCUT2D eigenvalue weighted by molar-refractivity contribution is 6.30. The van der Waals surface area contributed by atoms with Gasteiger partial charge < -0.3 is 16.0 Å². The Morgan fingerprint density at radius 1 is 1.21 bits per heavy atom. The molecule has 5 nitrogen and oxygen atoms in total. The standard InChI is InChI=1S/C22H25ClFN3O2/c1-22(2,17-6-3-7-18(23)19(17)24)26-21(29)14-8-10-16(11-9-14)27-12-4-5-15(13-27)20(25)28/h3,6-11,15H,4-5,12-13H2,1-2H3,(H2,25,28)(H,26,29). The summed E-state index contributed by atoms with van der Waals surface area (Å²) in [6, 6.07) is 11.9.